The first-order valence-electron chi connectivity index (χ1n) is 13.1. The summed E-state index contributed by atoms with van der Waals surface area (Å²) < 4.78 is 16.9. The minimum Gasteiger partial charge on any atom is -0.496 e. The van der Waals surface area contributed by atoms with Gasteiger partial charge in [-0.2, -0.15) is 0 Å². The van der Waals surface area contributed by atoms with Gasteiger partial charge in [-0.1, -0.05) is 12.1 Å². The first-order valence-corrected chi connectivity index (χ1v) is 13.1. The molecule has 1 aliphatic carbocycles. The van der Waals surface area contributed by atoms with Gasteiger partial charge in [-0.25, -0.2) is 4.79 Å². The molecule has 37 heavy (non-hydrogen) atoms. The van der Waals surface area contributed by atoms with E-state index in [1.807, 2.05) is 0 Å². The Labute approximate surface area is 218 Å². The molecule has 3 aliphatic rings. The van der Waals surface area contributed by atoms with Crippen LogP contribution in [0.1, 0.15) is 27.9 Å². The van der Waals surface area contributed by atoms with E-state index in [1.54, 1.807) is 36.3 Å². The molecule has 2 saturated heterocycles. The number of carbonyl (C=O) groups excluding carboxylic acids is 2. The van der Waals surface area contributed by atoms with Gasteiger partial charge in [-0.05, 0) is 55.3 Å². The van der Waals surface area contributed by atoms with Crippen molar-refractivity contribution in [1.82, 2.24) is 9.80 Å². The molecule has 2 fully saturated rings. The van der Waals surface area contributed by atoms with Gasteiger partial charge in [0.1, 0.15) is 11.9 Å². The fourth-order valence-electron chi connectivity index (χ4n) is 5.44. The van der Waals surface area contributed by atoms with Gasteiger partial charge < -0.3 is 28.9 Å². The molecule has 2 aromatic carbocycles. The van der Waals surface area contributed by atoms with Crippen LogP contribution in [0.15, 0.2) is 36.4 Å². The smallest absolute Gasteiger partial charge is 0.411 e. The van der Waals surface area contributed by atoms with E-state index >= 15 is 0 Å². The molecule has 2 heterocycles. The van der Waals surface area contributed by atoms with Gasteiger partial charge in [-0.15, -0.1) is 0 Å². The van der Waals surface area contributed by atoms with Crippen LogP contribution in [0.25, 0.3) is 0 Å². The van der Waals surface area contributed by atoms with Crippen molar-refractivity contribution in [2.24, 2.45) is 0 Å². The lowest BCUT2D eigenvalue weighted by atomic mass is 9.87. The maximum Gasteiger partial charge on any atom is 0.411 e. The summed E-state index contributed by atoms with van der Waals surface area (Å²) in [6.45, 7) is 6.10. The maximum atomic E-state index is 13.1. The number of anilines is 2. The largest absolute Gasteiger partial charge is 0.496 e. The van der Waals surface area contributed by atoms with Gasteiger partial charge in [0.2, 0.25) is 0 Å². The summed E-state index contributed by atoms with van der Waals surface area (Å²) in [6, 6.07) is 11.3. The van der Waals surface area contributed by atoms with E-state index in [0.717, 1.165) is 44.8 Å². The van der Waals surface area contributed by atoms with E-state index in [1.165, 1.54) is 16.8 Å². The topological polar surface area (TPSA) is 83.6 Å². The average Bonchev–Trinajstić information content (AvgIpc) is 2.93. The molecule has 1 atom stereocenters. The average molecular weight is 509 g/mol. The van der Waals surface area contributed by atoms with Crippen molar-refractivity contribution >= 4 is 23.4 Å². The van der Waals surface area contributed by atoms with Crippen molar-refractivity contribution in [2.75, 3.05) is 76.9 Å². The number of benzene rings is 2. The Hall–Kier alpha value is -3.30. The number of hydrogen-bond acceptors (Lipinski definition) is 7. The van der Waals surface area contributed by atoms with Crippen LogP contribution in [0.4, 0.5) is 16.2 Å². The summed E-state index contributed by atoms with van der Waals surface area (Å²) in [5, 5.41) is 2.83. The third-order valence-electron chi connectivity index (χ3n) is 7.54. The number of carbonyl (C=O) groups is 2. The Morgan fingerprint density at radius 3 is 2.49 bits per heavy atom. The first kappa shape index (κ1) is 25.4. The highest BCUT2D eigenvalue weighted by atomic mass is 16.6. The number of methoxy groups -OCH3 is 1. The van der Waals surface area contributed by atoms with Gasteiger partial charge in [0.25, 0.3) is 5.91 Å². The lowest BCUT2D eigenvalue weighted by Gasteiger charge is -2.37. The summed E-state index contributed by atoms with van der Waals surface area (Å²) in [5.74, 6) is 0.779. The summed E-state index contributed by atoms with van der Waals surface area (Å²) in [7, 11) is 3.85. The van der Waals surface area contributed by atoms with E-state index < -0.39 is 6.09 Å². The quantitative estimate of drug-likeness (QED) is 0.665. The van der Waals surface area contributed by atoms with Crippen molar-refractivity contribution in [1.29, 1.82) is 0 Å². The zero-order valence-corrected chi connectivity index (χ0v) is 21.7. The normalized spacial score (nSPS) is 20.2. The highest BCUT2D eigenvalue weighted by molar-refractivity contribution is 6.02. The fraction of sp³-hybridized carbons (Fsp3) is 0.500. The number of amides is 2. The molecule has 0 aromatic heterocycles. The number of ether oxygens (including phenoxy) is 3. The van der Waals surface area contributed by atoms with E-state index in [4.69, 9.17) is 14.2 Å². The minimum absolute atomic E-state index is 0.116. The lowest BCUT2D eigenvalue weighted by molar-refractivity contribution is 0.0303. The molecule has 5 rings (SSSR count). The molecule has 1 N–H and O–H groups in total. The highest BCUT2D eigenvalue weighted by Gasteiger charge is 2.29. The van der Waals surface area contributed by atoms with Crippen molar-refractivity contribution in [2.45, 2.75) is 25.4 Å². The van der Waals surface area contributed by atoms with Crippen LogP contribution < -0.4 is 15.0 Å². The Morgan fingerprint density at radius 2 is 1.73 bits per heavy atom. The Bertz CT molecular complexity index is 1130. The summed E-state index contributed by atoms with van der Waals surface area (Å²) in [5.41, 5.74) is 4.54. The number of fused-ring (bicyclic) bond motifs is 1. The fourth-order valence-corrected chi connectivity index (χ4v) is 5.44. The second-order valence-corrected chi connectivity index (χ2v) is 9.88. The number of likely N-dealkylation sites (N-methyl/N-ethyl adjacent to an activating group) is 1. The van der Waals surface area contributed by atoms with Crippen LogP contribution in [0.3, 0.4) is 0 Å². The molecule has 0 radical (unpaired) electrons. The minimum atomic E-state index is -0.542. The zero-order chi connectivity index (χ0) is 25.8. The molecule has 0 bridgehead atoms. The zero-order valence-electron chi connectivity index (χ0n) is 21.7. The standard InChI is InChI=1S/C28H36N4O5/c1-30-11-13-31(14-12-30)25-9-10-26(35-2)21-8-7-20(19-23(21)25)37-28(34)29-24-6-4-3-5-22(24)27(33)32-15-17-36-18-16-32/h3-6,9-10,20H,7-8,11-19H2,1-2H3,(H,29,34). The number of nitrogens with zero attached hydrogens (tertiary/aromatic N) is 3. The number of nitrogens with one attached hydrogen (secondary N) is 1. The van der Waals surface area contributed by atoms with Crippen LogP contribution in [0.2, 0.25) is 0 Å². The molecule has 0 saturated carbocycles. The van der Waals surface area contributed by atoms with Crippen molar-refractivity contribution in [3.05, 3.63) is 53.1 Å². The number of rotatable bonds is 5. The predicted molar refractivity (Wildman–Crippen MR) is 142 cm³/mol. The van der Waals surface area contributed by atoms with Crippen LogP contribution in [-0.4, -0.2) is 94.5 Å². The van der Waals surface area contributed by atoms with Crippen molar-refractivity contribution < 1.29 is 23.8 Å². The van der Waals surface area contributed by atoms with Crippen LogP contribution in [0, 0.1) is 0 Å². The van der Waals surface area contributed by atoms with Gasteiger partial charge in [-0.3, -0.25) is 10.1 Å². The van der Waals surface area contributed by atoms with Crippen LogP contribution >= 0.6 is 0 Å². The molecule has 9 heteroatoms. The van der Waals surface area contributed by atoms with Gasteiger partial charge in [0, 0.05) is 51.4 Å². The van der Waals surface area contributed by atoms with Gasteiger partial charge >= 0.3 is 6.09 Å². The summed E-state index contributed by atoms with van der Waals surface area (Å²) in [4.78, 5) is 32.5. The maximum absolute atomic E-state index is 13.1. The third-order valence-corrected chi connectivity index (χ3v) is 7.54. The molecule has 2 aromatic rings. The lowest BCUT2D eigenvalue weighted by Crippen LogP contribution is -2.45. The molecule has 1 unspecified atom stereocenters. The van der Waals surface area contributed by atoms with E-state index in [2.05, 4.69) is 34.3 Å². The van der Waals surface area contributed by atoms with E-state index in [0.29, 0.717) is 44.0 Å². The van der Waals surface area contributed by atoms with Gasteiger partial charge in [0.15, 0.2) is 0 Å². The summed E-state index contributed by atoms with van der Waals surface area (Å²) >= 11 is 0. The van der Waals surface area contributed by atoms with Crippen LogP contribution in [-0.2, 0) is 22.3 Å². The number of hydrogen-bond donors (Lipinski definition) is 1. The monoisotopic (exact) mass is 508 g/mol. The highest BCUT2D eigenvalue weighted by Crippen LogP contribution is 2.38. The summed E-state index contributed by atoms with van der Waals surface area (Å²) in [6.07, 6.45) is 1.34. The number of para-hydroxylation sites is 1. The molecular weight excluding hydrogens is 472 g/mol. The molecule has 2 amide bonds. The Kier molecular flexibility index (Phi) is 7.81. The second-order valence-electron chi connectivity index (χ2n) is 9.88. The molecule has 2 aliphatic heterocycles. The number of piperazine rings is 1. The first-order chi connectivity index (χ1) is 18.0. The molecular formula is C28H36N4O5. The molecule has 9 nitrogen and oxygen atoms in total. The van der Waals surface area contributed by atoms with Crippen LogP contribution in [0.5, 0.6) is 5.75 Å². The second kappa shape index (κ2) is 11.4. The van der Waals surface area contributed by atoms with E-state index in [9.17, 15) is 9.59 Å². The van der Waals surface area contributed by atoms with Gasteiger partial charge in [0.05, 0.1) is 31.6 Å². The molecule has 0 spiro atoms. The van der Waals surface area contributed by atoms with Crippen molar-refractivity contribution in [3.8, 4) is 5.75 Å². The number of morpholine rings is 1. The Balaban J connectivity index is 1.28. The van der Waals surface area contributed by atoms with Crippen molar-refractivity contribution in [3.63, 3.8) is 0 Å². The third kappa shape index (κ3) is 5.67. The SMILES string of the molecule is COc1ccc(N2CCN(C)CC2)c2c1CCC(OC(=O)Nc1ccccc1C(=O)N1CCOCC1)C2. The Morgan fingerprint density at radius 1 is 0.973 bits per heavy atom. The predicted octanol–water partition coefficient (Wildman–Crippen LogP) is 3.03. The molecule has 198 valence electrons. The van der Waals surface area contributed by atoms with E-state index in [-0.39, 0.29) is 12.0 Å².